The van der Waals surface area contributed by atoms with Gasteiger partial charge in [0.15, 0.2) is 0 Å². The van der Waals surface area contributed by atoms with Crippen LogP contribution in [0.3, 0.4) is 0 Å². The van der Waals surface area contributed by atoms with E-state index in [1.807, 2.05) is 18.2 Å². The van der Waals surface area contributed by atoms with Gasteiger partial charge >= 0.3 is 0 Å². The number of amides is 1. The maximum Gasteiger partial charge on any atom is 0.220 e. The highest BCUT2D eigenvalue weighted by Crippen LogP contribution is 2.29. The highest BCUT2D eigenvalue weighted by atomic mass is 35.5. The predicted molar refractivity (Wildman–Crippen MR) is 90.9 cm³/mol. The third-order valence-electron chi connectivity index (χ3n) is 3.64. The van der Waals surface area contributed by atoms with Gasteiger partial charge in [0.2, 0.25) is 5.91 Å². The van der Waals surface area contributed by atoms with Crippen LogP contribution < -0.4 is 11.1 Å². The fourth-order valence-electron chi connectivity index (χ4n) is 2.39. The Hall–Kier alpha value is -1.91. The summed E-state index contributed by atoms with van der Waals surface area (Å²) in [6, 6.07) is 11.7. The van der Waals surface area contributed by atoms with E-state index in [1.165, 1.54) is 6.07 Å². The van der Waals surface area contributed by atoms with E-state index in [4.69, 9.17) is 17.3 Å². The Morgan fingerprint density at radius 1 is 1.30 bits per heavy atom. The summed E-state index contributed by atoms with van der Waals surface area (Å²) >= 11 is 6.28. The van der Waals surface area contributed by atoms with Gasteiger partial charge in [-0.15, -0.1) is 0 Å². The molecule has 3 nitrogen and oxygen atoms in total. The number of nitrogens with two attached hydrogens (primary N) is 1. The molecule has 0 fully saturated rings. The molecule has 1 unspecified atom stereocenters. The van der Waals surface area contributed by atoms with Gasteiger partial charge in [-0.2, -0.15) is 0 Å². The minimum Gasteiger partial charge on any atom is -0.345 e. The minimum absolute atomic E-state index is 0.109. The second-order valence-electron chi connectivity index (χ2n) is 5.42. The van der Waals surface area contributed by atoms with Gasteiger partial charge in [0, 0.05) is 11.4 Å². The number of rotatable bonds is 6. The summed E-state index contributed by atoms with van der Waals surface area (Å²) in [6.45, 7) is 2.15. The molecule has 2 aromatic rings. The van der Waals surface area contributed by atoms with E-state index in [1.54, 1.807) is 25.1 Å². The third kappa shape index (κ3) is 4.53. The molecule has 1 atom stereocenters. The molecule has 1 amide bonds. The number of carbonyl (C=O) groups is 1. The van der Waals surface area contributed by atoms with Gasteiger partial charge in [-0.1, -0.05) is 41.9 Å². The van der Waals surface area contributed by atoms with Crippen LogP contribution in [0.15, 0.2) is 42.5 Å². The van der Waals surface area contributed by atoms with Crippen LogP contribution in [-0.2, 0) is 4.79 Å². The van der Waals surface area contributed by atoms with Gasteiger partial charge in [0.1, 0.15) is 5.82 Å². The average Bonchev–Trinajstić information content (AvgIpc) is 2.54. The Balaban J connectivity index is 2.36. The van der Waals surface area contributed by atoms with Crippen molar-refractivity contribution in [3.63, 3.8) is 0 Å². The summed E-state index contributed by atoms with van der Waals surface area (Å²) in [5.74, 6) is -0.386. The quantitative estimate of drug-likeness (QED) is 0.845. The zero-order valence-corrected chi connectivity index (χ0v) is 13.7. The number of nitrogens with one attached hydrogen (secondary N) is 1. The lowest BCUT2D eigenvalue weighted by Crippen LogP contribution is -2.29. The van der Waals surface area contributed by atoms with Crippen LogP contribution in [0.2, 0.25) is 5.02 Å². The van der Waals surface area contributed by atoms with E-state index >= 15 is 0 Å². The Labute approximate surface area is 140 Å². The molecule has 0 aliphatic carbocycles. The van der Waals surface area contributed by atoms with Crippen molar-refractivity contribution in [1.29, 1.82) is 0 Å². The summed E-state index contributed by atoms with van der Waals surface area (Å²) < 4.78 is 13.5. The molecule has 0 aliphatic rings. The zero-order valence-electron chi connectivity index (χ0n) is 13.0. The van der Waals surface area contributed by atoms with Crippen molar-refractivity contribution in [2.24, 2.45) is 5.73 Å². The van der Waals surface area contributed by atoms with E-state index in [2.05, 4.69) is 5.32 Å². The fourth-order valence-corrected chi connectivity index (χ4v) is 2.64. The van der Waals surface area contributed by atoms with Crippen LogP contribution in [-0.4, -0.2) is 12.5 Å². The molecule has 0 radical (unpaired) electrons. The van der Waals surface area contributed by atoms with Crippen molar-refractivity contribution in [1.82, 2.24) is 5.32 Å². The first-order valence-electron chi connectivity index (χ1n) is 7.53. The second-order valence-corrected chi connectivity index (χ2v) is 5.83. The van der Waals surface area contributed by atoms with Crippen LogP contribution in [0.5, 0.6) is 0 Å². The molecule has 0 saturated heterocycles. The molecule has 23 heavy (non-hydrogen) atoms. The molecule has 5 heteroatoms. The Kier molecular flexibility index (Phi) is 6.13. The summed E-state index contributed by atoms with van der Waals surface area (Å²) in [5, 5.41) is 3.52. The normalized spacial score (nSPS) is 12.0. The van der Waals surface area contributed by atoms with Crippen molar-refractivity contribution in [2.75, 3.05) is 6.54 Å². The Bertz CT molecular complexity index is 690. The van der Waals surface area contributed by atoms with Gasteiger partial charge in [-0.3, -0.25) is 4.79 Å². The topological polar surface area (TPSA) is 55.1 Å². The first-order valence-corrected chi connectivity index (χ1v) is 7.90. The molecule has 0 spiro atoms. The van der Waals surface area contributed by atoms with Crippen molar-refractivity contribution < 1.29 is 9.18 Å². The SMILES string of the molecule is Cc1cc(C(NC(=O)CCCN)c2ccccc2Cl)ccc1F. The van der Waals surface area contributed by atoms with Gasteiger partial charge in [-0.25, -0.2) is 4.39 Å². The van der Waals surface area contributed by atoms with E-state index in [9.17, 15) is 9.18 Å². The first kappa shape index (κ1) is 17.4. The predicted octanol–water partition coefficient (Wildman–Crippen LogP) is 3.73. The molecule has 122 valence electrons. The number of hydrogen-bond acceptors (Lipinski definition) is 2. The van der Waals surface area contributed by atoms with Crippen LogP contribution in [0.25, 0.3) is 0 Å². The molecule has 0 bridgehead atoms. The van der Waals surface area contributed by atoms with Gasteiger partial charge in [-0.05, 0) is 48.7 Å². The summed E-state index contributed by atoms with van der Waals surface area (Å²) in [5.41, 5.74) is 7.54. The lowest BCUT2D eigenvalue weighted by molar-refractivity contribution is -0.121. The van der Waals surface area contributed by atoms with Crippen molar-refractivity contribution in [3.8, 4) is 0 Å². The van der Waals surface area contributed by atoms with Gasteiger partial charge in [0.05, 0.1) is 6.04 Å². The van der Waals surface area contributed by atoms with Crippen molar-refractivity contribution in [3.05, 3.63) is 70.0 Å². The maximum absolute atomic E-state index is 13.5. The van der Waals surface area contributed by atoms with Crippen molar-refractivity contribution in [2.45, 2.75) is 25.8 Å². The third-order valence-corrected chi connectivity index (χ3v) is 3.99. The number of benzene rings is 2. The smallest absolute Gasteiger partial charge is 0.220 e. The lowest BCUT2D eigenvalue weighted by atomic mass is 9.96. The molecule has 3 N–H and O–H groups in total. The number of halogens is 2. The molecule has 0 aliphatic heterocycles. The Morgan fingerprint density at radius 3 is 2.70 bits per heavy atom. The maximum atomic E-state index is 13.5. The monoisotopic (exact) mass is 334 g/mol. The number of hydrogen-bond donors (Lipinski definition) is 2. The molecule has 2 aromatic carbocycles. The van der Waals surface area contributed by atoms with Crippen molar-refractivity contribution >= 4 is 17.5 Å². The lowest BCUT2D eigenvalue weighted by Gasteiger charge is -2.21. The van der Waals surface area contributed by atoms with E-state index in [0.29, 0.717) is 30.0 Å². The standard InChI is InChI=1S/C18H20ClFN2O/c1-12-11-13(8-9-16(12)20)18(22-17(23)7-4-10-21)14-5-2-3-6-15(14)19/h2-3,5-6,8-9,11,18H,4,7,10,21H2,1H3,(H,22,23). The highest BCUT2D eigenvalue weighted by Gasteiger charge is 2.19. The number of aryl methyl sites for hydroxylation is 1. The van der Waals surface area contributed by atoms with Gasteiger partial charge in [0.25, 0.3) is 0 Å². The second kappa shape index (κ2) is 8.09. The zero-order chi connectivity index (χ0) is 16.8. The highest BCUT2D eigenvalue weighted by molar-refractivity contribution is 6.31. The summed E-state index contributed by atoms with van der Waals surface area (Å²) in [4.78, 5) is 12.1. The minimum atomic E-state index is -0.423. The molecular formula is C18H20ClFN2O. The molecule has 0 heterocycles. The summed E-state index contributed by atoms with van der Waals surface area (Å²) in [7, 11) is 0. The average molecular weight is 335 g/mol. The van der Waals surface area contributed by atoms with Gasteiger partial charge < -0.3 is 11.1 Å². The van der Waals surface area contributed by atoms with E-state index in [0.717, 1.165) is 11.1 Å². The largest absolute Gasteiger partial charge is 0.345 e. The summed E-state index contributed by atoms with van der Waals surface area (Å²) in [6.07, 6.45) is 0.959. The molecule has 0 saturated carbocycles. The van der Waals surface area contributed by atoms with E-state index in [-0.39, 0.29) is 11.7 Å². The van der Waals surface area contributed by atoms with Crippen LogP contribution >= 0.6 is 11.6 Å². The molecule has 2 rings (SSSR count). The van der Waals surface area contributed by atoms with Crippen LogP contribution in [0, 0.1) is 12.7 Å². The van der Waals surface area contributed by atoms with Crippen LogP contribution in [0.1, 0.15) is 35.6 Å². The first-order chi connectivity index (χ1) is 11.0. The Morgan fingerprint density at radius 2 is 2.04 bits per heavy atom. The molecule has 0 aromatic heterocycles. The molecular weight excluding hydrogens is 315 g/mol. The number of carbonyl (C=O) groups excluding carboxylic acids is 1. The van der Waals surface area contributed by atoms with E-state index < -0.39 is 6.04 Å². The van der Waals surface area contributed by atoms with Crippen LogP contribution in [0.4, 0.5) is 4.39 Å². The fraction of sp³-hybridized carbons (Fsp3) is 0.278.